The molecule has 80 heavy (non-hydrogen) atoms. The predicted octanol–water partition coefficient (Wildman–Crippen LogP) is 8.01. The Hall–Kier alpha value is -7.17. The van der Waals surface area contributed by atoms with Crippen molar-refractivity contribution in [2.24, 2.45) is 17.5 Å². The van der Waals surface area contributed by atoms with E-state index >= 15 is 4.39 Å². The van der Waals surface area contributed by atoms with Crippen molar-refractivity contribution in [1.82, 2.24) is 40.4 Å². The van der Waals surface area contributed by atoms with Crippen LogP contribution in [0.15, 0.2) is 76.4 Å². The second-order valence-electron chi connectivity index (χ2n) is 22.6. The smallest absolute Gasteiger partial charge is 0.274 e. The minimum Gasteiger partial charge on any atom is -0.391 e. The summed E-state index contributed by atoms with van der Waals surface area (Å²) in [4.78, 5) is 89.0. The number of aliphatic hydroxyl groups excluding tert-OH is 1. The van der Waals surface area contributed by atoms with Crippen LogP contribution in [-0.2, 0) is 49.1 Å². The molecule has 1 saturated heterocycles. The number of carbonyl (C=O) groups is 4. The number of thiazole rings is 1. The van der Waals surface area contributed by atoms with Gasteiger partial charge in [-0.05, 0) is 66.5 Å². The van der Waals surface area contributed by atoms with E-state index in [1.165, 1.54) is 20.4 Å². The van der Waals surface area contributed by atoms with Gasteiger partial charge in [0.2, 0.25) is 11.8 Å². The summed E-state index contributed by atoms with van der Waals surface area (Å²) in [5, 5.41) is 20.3. The van der Waals surface area contributed by atoms with E-state index in [4.69, 9.17) is 4.99 Å². The number of aromatic amines is 1. The number of fused-ring (bicyclic) bond motifs is 2. The second kappa shape index (κ2) is 23.1. The lowest BCUT2D eigenvalue weighted by atomic mass is 9.85. The van der Waals surface area contributed by atoms with E-state index in [1.807, 2.05) is 52.0 Å². The van der Waals surface area contributed by atoms with Gasteiger partial charge in [-0.3, -0.25) is 24.0 Å². The number of benzene rings is 2. The van der Waals surface area contributed by atoms with Gasteiger partial charge in [0.1, 0.15) is 23.2 Å². The summed E-state index contributed by atoms with van der Waals surface area (Å²) in [6.45, 7) is 9.64. The number of hydrogen-bond acceptors (Lipinski definition) is 13. The Morgan fingerprint density at radius 2 is 1.68 bits per heavy atom. The normalized spacial score (nSPS) is 18.5. The number of nitrogens with one attached hydrogen (secondary N) is 4. The largest absolute Gasteiger partial charge is 0.391 e. The predicted molar refractivity (Wildman–Crippen MR) is 304 cm³/mol. The van der Waals surface area contributed by atoms with E-state index in [-0.39, 0.29) is 66.2 Å². The fourth-order valence-corrected chi connectivity index (χ4v) is 12.7. The number of likely N-dealkylation sites (tertiary alicyclic amines) is 1. The number of aliphatic hydroxyl groups is 1. The molecule has 0 bridgehead atoms. The number of aryl methyl sites for hydroxylation is 2. The highest BCUT2D eigenvalue weighted by Gasteiger charge is 2.49. The van der Waals surface area contributed by atoms with Crippen LogP contribution in [0.25, 0.3) is 32.5 Å². The number of β-amino-alcohol motifs (C(OH)–C–C–N with tert-alkyl or cyclic N) is 1. The number of amides is 4. The first-order valence-electron chi connectivity index (χ1n) is 27.0. The van der Waals surface area contributed by atoms with Crippen LogP contribution >= 0.6 is 11.3 Å². The third-order valence-electron chi connectivity index (χ3n) is 15.3. The molecule has 0 radical (unpaired) electrons. The van der Waals surface area contributed by atoms with E-state index in [0.717, 1.165) is 67.1 Å². The highest BCUT2D eigenvalue weighted by Crippen LogP contribution is 2.45. The molecule has 5 N–H and O–H groups in total. The zero-order valence-electron chi connectivity index (χ0n) is 46.0. The Bertz CT molecular complexity index is 3590. The zero-order valence-corrected chi connectivity index (χ0v) is 47.7. The van der Waals surface area contributed by atoms with E-state index in [2.05, 4.69) is 30.9 Å². The van der Waals surface area contributed by atoms with Crippen LogP contribution in [0.5, 0.6) is 0 Å². The van der Waals surface area contributed by atoms with Gasteiger partial charge in [-0.2, -0.15) is 0 Å². The number of pyridine rings is 2. The van der Waals surface area contributed by atoms with Crippen LogP contribution in [0.2, 0.25) is 0 Å². The molecular weight excluding hydrogens is 1070 g/mol. The molecule has 1 fully saturated rings. The lowest BCUT2D eigenvalue weighted by Gasteiger charge is -2.35. The van der Waals surface area contributed by atoms with Gasteiger partial charge in [0.05, 0.1) is 52.4 Å². The van der Waals surface area contributed by atoms with Crippen molar-refractivity contribution >= 4 is 73.0 Å². The van der Waals surface area contributed by atoms with E-state index in [1.54, 1.807) is 49.3 Å². The number of aliphatic imine (C=N–C) groups is 1. The SMILES string of the molecule is Cc1ncsc1-c1ccc([C@]2(C)N=C([C@H]3C[C@@H](O)CN3C(=O)[C@@H](NC(=O)CCCCCCCCCCNC(=O)c3cc4c(cc3CS(C)(=O)=O)-c3cn(C)c(=O)c5[nH]cc(c35)CN4c3ncc(F)cc3F)C(C)(C)C)NC2=O)cc1. The van der Waals surface area contributed by atoms with Gasteiger partial charge >= 0.3 is 0 Å². The maximum absolute atomic E-state index is 15.6. The fourth-order valence-electron chi connectivity index (χ4n) is 11.1. The topological polar surface area (TPSA) is 241 Å². The zero-order chi connectivity index (χ0) is 57.4. The third kappa shape index (κ3) is 12.1. The Morgan fingerprint density at radius 3 is 2.34 bits per heavy atom. The van der Waals surface area contributed by atoms with Crippen LogP contribution in [0.3, 0.4) is 0 Å². The fraction of sp³-hybridized carbons (Fsp3) is 0.448. The first-order chi connectivity index (χ1) is 37.9. The van der Waals surface area contributed by atoms with E-state index < -0.39 is 62.3 Å². The molecule has 18 nitrogen and oxygen atoms in total. The molecule has 2 aromatic carbocycles. The first kappa shape index (κ1) is 57.5. The number of carbonyl (C=O) groups excluding carboxylic acids is 4. The van der Waals surface area contributed by atoms with Crippen molar-refractivity contribution in [3.05, 3.63) is 117 Å². The Labute approximate surface area is 467 Å². The van der Waals surface area contributed by atoms with E-state index in [0.29, 0.717) is 70.1 Å². The standard InChI is InChI=1S/C58H68F2N10O8S2/c1-33-49(79-32-64-33)34-17-19-37(20-18-34)58(5)56(76)66-51(67-58)45-24-39(71)29-70(45)55(75)50(57(2,3)4)65-46(72)16-14-12-10-8-9-11-13-15-21-61-53(73)40-25-44-41(22-35(40)31-80(7,77)78)42-30-68(6)54(74)48-47(42)36(26-62-48)28-69(44)52-43(60)23-38(59)27-63-52/h17-20,22-23,25-27,30,32,39,45,50,62,71H,8-16,21,24,28-29,31H2,1-7H3,(H,61,73)(H,65,72)(H,66,67,76)/t39-,45-,50-,58+/m1/s1. The molecule has 7 heterocycles. The number of H-pyrrole nitrogens is 1. The molecule has 0 saturated carbocycles. The number of amidine groups is 1. The molecule has 22 heteroatoms. The summed E-state index contributed by atoms with van der Waals surface area (Å²) in [6, 6.07) is 9.86. The van der Waals surface area contributed by atoms with Gasteiger partial charge in [0, 0.05) is 79.8 Å². The molecule has 9 rings (SSSR count). The quantitative estimate of drug-likeness (QED) is 0.0459. The number of rotatable bonds is 20. The molecule has 6 aromatic rings. The molecule has 3 aliphatic rings. The molecule has 4 atom stereocenters. The number of nitrogens with zero attached hydrogens (tertiary/aromatic N) is 6. The number of anilines is 2. The highest BCUT2D eigenvalue weighted by atomic mass is 32.2. The number of aromatic nitrogens is 4. The maximum Gasteiger partial charge on any atom is 0.274 e. The van der Waals surface area contributed by atoms with Crippen LogP contribution in [-0.4, -0.2) is 105 Å². The van der Waals surface area contributed by atoms with Gasteiger partial charge in [-0.25, -0.2) is 32.2 Å². The number of unbranched alkanes of at least 4 members (excludes halogenated alkanes) is 7. The van der Waals surface area contributed by atoms with Crippen molar-refractivity contribution in [2.75, 3.05) is 24.2 Å². The molecule has 0 aliphatic carbocycles. The highest BCUT2D eigenvalue weighted by molar-refractivity contribution is 7.89. The third-order valence-corrected chi connectivity index (χ3v) is 17.1. The lowest BCUT2D eigenvalue weighted by molar-refractivity contribution is -0.139. The lowest BCUT2D eigenvalue weighted by Crippen LogP contribution is -2.57. The molecule has 0 spiro atoms. The summed E-state index contributed by atoms with van der Waals surface area (Å²) < 4.78 is 56.7. The summed E-state index contributed by atoms with van der Waals surface area (Å²) >= 11 is 1.54. The second-order valence-corrected chi connectivity index (χ2v) is 25.6. The van der Waals surface area contributed by atoms with Crippen molar-refractivity contribution in [3.8, 4) is 21.6 Å². The molecule has 4 aromatic heterocycles. The van der Waals surface area contributed by atoms with Gasteiger partial charge in [0.25, 0.3) is 17.4 Å². The maximum atomic E-state index is 15.6. The molecule has 424 valence electrons. The van der Waals surface area contributed by atoms with Crippen LogP contribution in [0.4, 0.5) is 20.3 Å². The Morgan fingerprint density at radius 1 is 0.975 bits per heavy atom. The molecule has 3 aliphatic heterocycles. The van der Waals surface area contributed by atoms with Crippen LogP contribution in [0, 0.1) is 24.0 Å². The van der Waals surface area contributed by atoms with Crippen LogP contribution in [0.1, 0.15) is 125 Å². The summed E-state index contributed by atoms with van der Waals surface area (Å²) in [5.74, 6) is -3.68. The van der Waals surface area contributed by atoms with Crippen molar-refractivity contribution in [2.45, 2.75) is 135 Å². The van der Waals surface area contributed by atoms with Crippen molar-refractivity contribution in [1.29, 1.82) is 0 Å². The number of hydrogen-bond donors (Lipinski definition) is 5. The summed E-state index contributed by atoms with van der Waals surface area (Å²) in [7, 11) is -2.09. The van der Waals surface area contributed by atoms with Crippen molar-refractivity contribution < 1.29 is 41.5 Å². The molecule has 4 amide bonds. The molecule has 0 unspecified atom stereocenters. The summed E-state index contributed by atoms with van der Waals surface area (Å²) in [5.41, 5.74) is 4.65. The van der Waals surface area contributed by atoms with Gasteiger partial charge in [0.15, 0.2) is 27.0 Å². The van der Waals surface area contributed by atoms with Gasteiger partial charge < -0.3 is 40.4 Å². The Kier molecular flexibility index (Phi) is 16.6. The summed E-state index contributed by atoms with van der Waals surface area (Å²) in [6.07, 6.45) is 11.3. The molecular formula is C58H68F2N10O8S2. The van der Waals surface area contributed by atoms with E-state index in [9.17, 15) is 41.9 Å². The monoisotopic (exact) mass is 1130 g/mol. The average Bonchev–Trinajstić information content (AvgIpc) is 4.32. The average molecular weight is 1140 g/mol. The first-order valence-corrected chi connectivity index (χ1v) is 30.0. The Balaban J connectivity index is 0.753. The minimum absolute atomic E-state index is 0.00744. The van der Waals surface area contributed by atoms with Gasteiger partial charge in [-0.1, -0.05) is 83.6 Å². The van der Waals surface area contributed by atoms with Crippen LogP contribution < -0.4 is 26.4 Å². The number of halogens is 2. The minimum atomic E-state index is -3.67. The van der Waals surface area contributed by atoms with Gasteiger partial charge in [-0.15, -0.1) is 11.3 Å². The number of sulfone groups is 1. The van der Waals surface area contributed by atoms with Crippen molar-refractivity contribution in [3.63, 3.8) is 0 Å².